The van der Waals surface area contributed by atoms with Crippen LogP contribution in [0.1, 0.15) is 68.2 Å². The molecule has 1 rings (SSSR count). The smallest absolute Gasteiger partial charge is 0.0840 e. The van der Waals surface area contributed by atoms with Gasteiger partial charge in [-0.3, -0.25) is 0 Å². The highest BCUT2D eigenvalue weighted by Crippen LogP contribution is 2.33. The largest absolute Gasteiger partial charge is 0.412 e. The van der Waals surface area contributed by atoms with Gasteiger partial charge in [0.2, 0.25) is 0 Å². The van der Waals surface area contributed by atoms with Crippen LogP contribution in [0.15, 0.2) is 0 Å². The average Bonchev–Trinajstić information content (AvgIpc) is 2.94. The second kappa shape index (κ2) is 10.7. The van der Waals surface area contributed by atoms with Crippen molar-refractivity contribution < 1.29 is 10.2 Å². The van der Waals surface area contributed by atoms with Crippen LogP contribution in [0.5, 0.6) is 0 Å². The lowest BCUT2D eigenvalue weighted by atomic mass is 9.82. The van der Waals surface area contributed by atoms with Crippen LogP contribution in [0.4, 0.5) is 0 Å². The molecule has 1 saturated heterocycles. The summed E-state index contributed by atoms with van der Waals surface area (Å²) in [5.41, 5.74) is 0. The molecule has 0 aliphatic carbocycles. The van der Waals surface area contributed by atoms with Crippen molar-refractivity contribution in [1.29, 1.82) is 0 Å². The monoisotopic (exact) mass is 274 g/mol. The molecule has 0 aromatic heterocycles. The van der Waals surface area contributed by atoms with E-state index in [1.807, 2.05) is 0 Å². The molecular weight excluding hydrogens is 236 g/mol. The molecule has 0 saturated carbocycles. The lowest BCUT2D eigenvalue weighted by Gasteiger charge is -2.23. The maximum Gasteiger partial charge on any atom is 0.0840 e. The van der Waals surface area contributed by atoms with Gasteiger partial charge in [-0.1, -0.05) is 55.4 Å². The highest BCUT2D eigenvalue weighted by Gasteiger charge is 2.35. The zero-order valence-corrected chi connectivity index (χ0v) is 14.5. The zero-order valence-electron chi connectivity index (χ0n) is 14.5. The third kappa shape index (κ3) is 12.7. The van der Waals surface area contributed by atoms with E-state index >= 15 is 0 Å². The fourth-order valence-corrected chi connectivity index (χ4v) is 2.52. The summed E-state index contributed by atoms with van der Waals surface area (Å²) in [6.45, 7) is 19.2. The van der Waals surface area contributed by atoms with Crippen molar-refractivity contribution in [1.82, 2.24) is 0 Å². The summed E-state index contributed by atoms with van der Waals surface area (Å²) in [6.07, 6.45) is 3.29. The van der Waals surface area contributed by atoms with E-state index in [1.165, 1.54) is 12.8 Å². The third-order valence-corrected chi connectivity index (χ3v) is 3.24. The number of hydrogen-bond donors (Lipinski definition) is 0. The quantitative estimate of drug-likeness (QED) is 0.654. The van der Waals surface area contributed by atoms with E-state index in [9.17, 15) is 0 Å². The highest BCUT2D eigenvalue weighted by atomic mass is 16.6. The standard InChI is InChI=1S/C13H26O.C4H10.H2O/c1-9(2)6-11(5)7-12(10(3)4)13-8-14-13;1-4(2)3;/h9-13H,6-8H2,1-5H3;4H,1-3H3;1H2. The van der Waals surface area contributed by atoms with Gasteiger partial charge in [-0.25, -0.2) is 0 Å². The SMILES string of the molecule is CC(C)C.CC(C)CC(C)CC(C(C)C)C1CO1.O. The molecule has 1 heterocycles. The summed E-state index contributed by atoms with van der Waals surface area (Å²) < 4.78 is 5.44. The first kappa shape index (κ1) is 21.2. The molecule has 2 N–H and O–H groups in total. The number of ether oxygens (including phenoxy) is 1. The van der Waals surface area contributed by atoms with E-state index in [-0.39, 0.29) is 5.48 Å². The van der Waals surface area contributed by atoms with E-state index in [2.05, 4.69) is 55.4 Å². The molecule has 1 aliphatic heterocycles. The van der Waals surface area contributed by atoms with Crippen LogP contribution < -0.4 is 0 Å². The van der Waals surface area contributed by atoms with Crippen molar-refractivity contribution in [3.63, 3.8) is 0 Å². The van der Waals surface area contributed by atoms with E-state index in [0.29, 0.717) is 6.10 Å². The predicted octanol–water partition coefficient (Wildman–Crippen LogP) is 4.57. The molecule has 2 heteroatoms. The Hall–Kier alpha value is -0.0800. The van der Waals surface area contributed by atoms with Gasteiger partial charge in [-0.2, -0.15) is 0 Å². The fourth-order valence-electron chi connectivity index (χ4n) is 2.52. The fraction of sp³-hybridized carbons (Fsp3) is 1.00. The van der Waals surface area contributed by atoms with E-state index in [0.717, 1.165) is 36.2 Å². The molecule has 1 aliphatic rings. The summed E-state index contributed by atoms with van der Waals surface area (Å²) in [7, 11) is 0. The van der Waals surface area contributed by atoms with Crippen molar-refractivity contribution >= 4 is 0 Å². The molecule has 2 nitrogen and oxygen atoms in total. The molecule has 0 amide bonds. The lowest BCUT2D eigenvalue weighted by Crippen LogP contribution is -2.19. The first-order valence-corrected chi connectivity index (χ1v) is 7.85. The summed E-state index contributed by atoms with van der Waals surface area (Å²) in [5, 5.41) is 0. The zero-order chi connectivity index (χ0) is 14.3. The Morgan fingerprint density at radius 2 is 1.32 bits per heavy atom. The Morgan fingerprint density at radius 3 is 1.58 bits per heavy atom. The number of hydrogen-bond acceptors (Lipinski definition) is 1. The van der Waals surface area contributed by atoms with Gasteiger partial charge in [0, 0.05) is 0 Å². The molecule has 3 atom stereocenters. The van der Waals surface area contributed by atoms with Crippen LogP contribution in [0.3, 0.4) is 0 Å². The maximum absolute atomic E-state index is 5.44. The molecule has 0 bridgehead atoms. The predicted molar refractivity (Wildman–Crippen MR) is 85.4 cm³/mol. The second-order valence-electron chi connectivity index (χ2n) is 7.48. The Labute approximate surface area is 121 Å². The summed E-state index contributed by atoms with van der Waals surface area (Å²) in [5.74, 6) is 4.09. The lowest BCUT2D eigenvalue weighted by molar-refractivity contribution is 0.221. The Bertz CT molecular complexity index is 191. The van der Waals surface area contributed by atoms with Gasteiger partial charge in [0.1, 0.15) is 0 Å². The van der Waals surface area contributed by atoms with Crippen molar-refractivity contribution in [3.8, 4) is 0 Å². The van der Waals surface area contributed by atoms with Crippen molar-refractivity contribution in [2.45, 2.75) is 74.3 Å². The minimum absolute atomic E-state index is 0. The van der Waals surface area contributed by atoms with Gasteiger partial charge in [0.15, 0.2) is 0 Å². The van der Waals surface area contributed by atoms with Crippen LogP contribution >= 0.6 is 0 Å². The number of epoxide rings is 1. The van der Waals surface area contributed by atoms with Crippen LogP contribution in [0.2, 0.25) is 0 Å². The van der Waals surface area contributed by atoms with Gasteiger partial charge in [-0.15, -0.1) is 0 Å². The molecule has 0 aromatic rings. The van der Waals surface area contributed by atoms with Crippen LogP contribution in [-0.4, -0.2) is 18.2 Å². The molecule has 0 radical (unpaired) electrons. The van der Waals surface area contributed by atoms with Gasteiger partial charge in [0.25, 0.3) is 0 Å². The van der Waals surface area contributed by atoms with Gasteiger partial charge >= 0.3 is 0 Å². The van der Waals surface area contributed by atoms with Crippen LogP contribution in [0.25, 0.3) is 0 Å². The Morgan fingerprint density at radius 1 is 0.895 bits per heavy atom. The van der Waals surface area contributed by atoms with Gasteiger partial charge < -0.3 is 10.2 Å². The third-order valence-electron chi connectivity index (χ3n) is 3.24. The highest BCUT2D eigenvalue weighted by molar-refractivity contribution is 4.82. The average molecular weight is 274 g/mol. The first-order valence-electron chi connectivity index (χ1n) is 7.85. The van der Waals surface area contributed by atoms with Crippen LogP contribution in [0, 0.1) is 29.6 Å². The normalized spacial score (nSPS) is 20.7. The summed E-state index contributed by atoms with van der Waals surface area (Å²) in [6, 6.07) is 0. The Kier molecular flexibility index (Phi) is 11.9. The van der Waals surface area contributed by atoms with E-state index in [1.54, 1.807) is 0 Å². The molecule has 1 fully saturated rings. The molecular formula is C17H38O2. The topological polar surface area (TPSA) is 44.0 Å². The minimum Gasteiger partial charge on any atom is -0.412 e. The summed E-state index contributed by atoms with van der Waals surface area (Å²) in [4.78, 5) is 0. The van der Waals surface area contributed by atoms with Crippen molar-refractivity contribution in [3.05, 3.63) is 0 Å². The molecule has 0 spiro atoms. The molecule has 3 unspecified atom stereocenters. The second-order valence-corrected chi connectivity index (χ2v) is 7.48. The van der Waals surface area contributed by atoms with Crippen LogP contribution in [-0.2, 0) is 4.74 Å². The first-order chi connectivity index (χ1) is 8.23. The Balaban J connectivity index is 0. The van der Waals surface area contributed by atoms with Crippen molar-refractivity contribution in [2.75, 3.05) is 6.61 Å². The van der Waals surface area contributed by atoms with Crippen molar-refractivity contribution in [2.24, 2.45) is 29.6 Å². The van der Waals surface area contributed by atoms with E-state index in [4.69, 9.17) is 4.74 Å². The minimum atomic E-state index is 0. The summed E-state index contributed by atoms with van der Waals surface area (Å²) >= 11 is 0. The molecule has 19 heavy (non-hydrogen) atoms. The molecule has 0 aromatic carbocycles. The molecule has 118 valence electrons. The van der Waals surface area contributed by atoms with Gasteiger partial charge in [-0.05, 0) is 42.4 Å². The maximum atomic E-state index is 5.44. The number of rotatable bonds is 6. The van der Waals surface area contributed by atoms with E-state index < -0.39 is 0 Å². The van der Waals surface area contributed by atoms with Gasteiger partial charge in [0.05, 0.1) is 12.7 Å².